The Hall–Kier alpha value is -4.60. The van der Waals surface area contributed by atoms with Gasteiger partial charge in [0, 0.05) is 24.4 Å². The Labute approximate surface area is 185 Å². The number of nitrogens with zero attached hydrogens (tertiary/aromatic N) is 4. The predicted octanol–water partition coefficient (Wildman–Crippen LogP) is 3.71. The highest BCUT2D eigenvalue weighted by Crippen LogP contribution is 2.27. The van der Waals surface area contributed by atoms with Crippen molar-refractivity contribution in [3.63, 3.8) is 0 Å². The van der Waals surface area contributed by atoms with Gasteiger partial charge in [-0.3, -0.25) is 14.7 Å². The fourth-order valence-electron chi connectivity index (χ4n) is 3.67. The molecule has 164 valence electrons. The molecular formula is C23H17FN6O3. The summed E-state index contributed by atoms with van der Waals surface area (Å²) in [6.45, 7) is 0. The molecule has 5 aromatic rings. The topological polar surface area (TPSA) is 128 Å². The van der Waals surface area contributed by atoms with E-state index in [1.54, 1.807) is 30.3 Å². The van der Waals surface area contributed by atoms with E-state index in [2.05, 4.69) is 25.1 Å². The van der Waals surface area contributed by atoms with Crippen LogP contribution in [0.2, 0.25) is 0 Å². The maximum absolute atomic E-state index is 14.7. The predicted molar refractivity (Wildman–Crippen MR) is 121 cm³/mol. The fourth-order valence-corrected chi connectivity index (χ4v) is 3.67. The number of rotatable bonds is 4. The summed E-state index contributed by atoms with van der Waals surface area (Å²) >= 11 is 0. The molecule has 0 aliphatic carbocycles. The molecule has 10 heteroatoms. The number of hydrogen-bond donors (Lipinski definition) is 3. The van der Waals surface area contributed by atoms with E-state index in [0.29, 0.717) is 34.2 Å². The van der Waals surface area contributed by atoms with E-state index in [-0.39, 0.29) is 17.1 Å². The van der Waals surface area contributed by atoms with Crippen LogP contribution < -0.4 is 10.5 Å². The van der Waals surface area contributed by atoms with E-state index in [1.807, 2.05) is 12.1 Å². The summed E-state index contributed by atoms with van der Waals surface area (Å²) in [6, 6.07) is 13.5. The smallest absolute Gasteiger partial charge is 0.413 e. The number of anilines is 1. The van der Waals surface area contributed by atoms with E-state index in [0.717, 1.165) is 15.8 Å². The molecule has 9 nitrogen and oxygen atoms in total. The molecule has 0 radical (unpaired) electrons. The number of nitrogens with one attached hydrogen (secondary N) is 2. The molecule has 5 rings (SSSR count). The summed E-state index contributed by atoms with van der Waals surface area (Å²) in [5.41, 5.74) is 2.81. The number of H-pyrrole nitrogens is 2. The molecule has 0 saturated heterocycles. The van der Waals surface area contributed by atoms with Crippen LogP contribution in [-0.4, -0.2) is 43.4 Å². The highest BCUT2D eigenvalue weighted by Gasteiger charge is 2.16. The number of amides is 1. The first-order valence-electron chi connectivity index (χ1n) is 9.98. The number of carbonyl (C=O) groups is 1. The SMILES string of the molecule is CN(C(=O)O)c1nc2cc(-c3cc(Cc4n[nH]c(=O)c5ccccc45)ccc3F)ncc2[nH]1. The molecule has 0 aliphatic heterocycles. The summed E-state index contributed by atoms with van der Waals surface area (Å²) in [7, 11) is 1.37. The molecule has 3 N–H and O–H groups in total. The standard InChI is InChI=1S/C23H17FN6O3/c1-30(23(32)33)22-26-19-10-17(25-11-20(19)27-22)15-8-12(6-7-16(15)24)9-18-13-4-2-3-5-14(13)21(31)29-28-18/h2-8,10-11H,9H2,1H3,(H,26,27)(H,29,31)(H,32,33). The zero-order valence-corrected chi connectivity index (χ0v) is 17.3. The molecule has 0 unspecified atom stereocenters. The van der Waals surface area contributed by atoms with Crippen LogP contribution in [0.15, 0.2) is 59.5 Å². The van der Waals surface area contributed by atoms with Gasteiger partial charge in [0.2, 0.25) is 5.95 Å². The molecule has 3 heterocycles. The molecule has 0 bridgehead atoms. The van der Waals surface area contributed by atoms with Crippen molar-refractivity contribution in [1.82, 2.24) is 25.1 Å². The van der Waals surface area contributed by atoms with Crippen molar-refractivity contribution in [3.05, 3.63) is 82.2 Å². The number of carboxylic acid groups (broad SMARTS) is 1. The summed E-state index contributed by atoms with van der Waals surface area (Å²) in [5, 5.41) is 17.1. The molecule has 3 aromatic heterocycles. The third kappa shape index (κ3) is 3.67. The minimum Gasteiger partial charge on any atom is -0.465 e. The van der Waals surface area contributed by atoms with Gasteiger partial charge in [0.05, 0.1) is 34.0 Å². The lowest BCUT2D eigenvalue weighted by Crippen LogP contribution is -2.24. The highest BCUT2D eigenvalue weighted by atomic mass is 19.1. The molecule has 0 fully saturated rings. The first-order valence-corrected chi connectivity index (χ1v) is 9.98. The Morgan fingerprint density at radius 3 is 2.73 bits per heavy atom. The maximum Gasteiger partial charge on any atom is 0.413 e. The number of aromatic nitrogens is 5. The van der Waals surface area contributed by atoms with Gasteiger partial charge in [-0.15, -0.1) is 0 Å². The zero-order chi connectivity index (χ0) is 23.1. The van der Waals surface area contributed by atoms with Gasteiger partial charge in [0.1, 0.15) is 5.82 Å². The van der Waals surface area contributed by atoms with Crippen LogP contribution in [-0.2, 0) is 6.42 Å². The monoisotopic (exact) mass is 444 g/mol. The second-order valence-corrected chi connectivity index (χ2v) is 7.52. The van der Waals surface area contributed by atoms with Gasteiger partial charge < -0.3 is 10.1 Å². The first kappa shape index (κ1) is 20.3. The van der Waals surface area contributed by atoms with Crippen molar-refractivity contribution in [1.29, 1.82) is 0 Å². The van der Waals surface area contributed by atoms with E-state index < -0.39 is 11.9 Å². The molecule has 0 saturated carbocycles. The number of fused-ring (bicyclic) bond motifs is 2. The third-order valence-corrected chi connectivity index (χ3v) is 5.41. The molecule has 33 heavy (non-hydrogen) atoms. The molecule has 0 aliphatic rings. The lowest BCUT2D eigenvalue weighted by molar-refractivity contribution is 0.203. The minimum absolute atomic E-state index is 0.140. The van der Waals surface area contributed by atoms with Crippen molar-refractivity contribution >= 4 is 33.8 Å². The fraction of sp³-hybridized carbons (Fsp3) is 0.0870. The third-order valence-electron chi connectivity index (χ3n) is 5.41. The van der Waals surface area contributed by atoms with Crippen molar-refractivity contribution < 1.29 is 14.3 Å². The number of imidazole rings is 1. The summed E-state index contributed by atoms with van der Waals surface area (Å²) < 4.78 is 14.7. The average molecular weight is 444 g/mol. The first-order chi connectivity index (χ1) is 15.9. The minimum atomic E-state index is -1.16. The summed E-state index contributed by atoms with van der Waals surface area (Å²) in [5.74, 6) is -0.315. The Morgan fingerprint density at radius 1 is 1.15 bits per heavy atom. The van der Waals surface area contributed by atoms with Crippen molar-refractivity contribution in [3.8, 4) is 11.3 Å². The summed E-state index contributed by atoms with van der Waals surface area (Å²) in [6.07, 6.45) is 0.701. The molecular weight excluding hydrogens is 427 g/mol. The summed E-state index contributed by atoms with van der Waals surface area (Å²) in [4.78, 5) is 35.6. The Balaban J connectivity index is 1.53. The number of benzene rings is 2. The van der Waals surface area contributed by atoms with Gasteiger partial charge >= 0.3 is 6.09 Å². The van der Waals surface area contributed by atoms with Crippen LogP contribution in [0.4, 0.5) is 15.1 Å². The lowest BCUT2D eigenvalue weighted by Gasteiger charge is -2.08. The number of aromatic amines is 2. The van der Waals surface area contributed by atoms with Gasteiger partial charge in [-0.1, -0.05) is 24.3 Å². The van der Waals surface area contributed by atoms with Crippen LogP contribution in [0.5, 0.6) is 0 Å². The Kier molecular flexibility index (Phi) is 4.82. The van der Waals surface area contributed by atoms with Crippen LogP contribution in [0, 0.1) is 5.82 Å². The molecule has 2 aromatic carbocycles. The van der Waals surface area contributed by atoms with E-state index in [1.165, 1.54) is 19.3 Å². The second kappa shape index (κ2) is 7.83. The normalized spacial score (nSPS) is 11.2. The quantitative estimate of drug-likeness (QED) is 0.388. The van der Waals surface area contributed by atoms with E-state index in [9.17, 15) is 14.0 Å². The van der Waals surface area contributed by atoms with Crippen LogP contribution >= 0.6 is 0 Å². The van der Waals surface area contributed by atoms with Crippen LogP contribution in [0.25, 0.3) is 33.1 Å². The molecule has 0 spiro atoms. The van der Waals surface area contributed by atoms with Gasteiger partial charge in [0.25, 0.3) is 5.56 Å². The van der Waals surface area contributed by atoms with Crippen molar-refractivity contribution in [2.24, 2.45) is 0 Å². The largest absolute Gasteiger partial charge is 0.465 e. The maximum atomic E-state index is 14.7. The second-order valence-electron chi connectivity index (χ2n) is 7.52. The Bertz CT molecular complexity index is 1590. The van der Waals surface area contributed by atoms with E-state index >= 15 is 0 Å². The van der Waals surface area contributed by atoms with E-state index in [4.69, 9.17) is 5.11 Å². The van der Waals surface area contributed by atoms with Crippen LogP contribution in [0.1, 0.15) is 11.3 Å². The average Bonchev–Trinajstić information content (AvgIpc) is 3.25. The molecule has 1 amide bonds. The zero-order valence-electron chi connectivity index (χ0n) is 17.3. The highest BCUT2D eigenvalue weighted by molar-refractivity contribution is 5.88. The number of pyridine rings is 1. The van der Waals surface area contributed by atoms with Crippen molar-refractivity contribution in [2.75, 3.05) is 11.9 Å². The molecule has 0 atom stereocenters. The van der Waals surface area contributed by atoms with Gasteiger partial charge in [0.15, 0.2) is 0 Å². The van der Waals surface area contributed by atoms with Crippen LogP contribution in [0.3, 0.4) is 0 Å². The van der Waals surface area contributed by atoms with Gasteiger partial charge in [-0.05, 0) is 29.8 Å². The Morgan fingerprint density at radius 2 is 1.94 bits per heavy atom. The van der Waals surface area contributed by atoms with Gasteiger partial charge in [-0.25, -0.2) is 19.3 Å². The van der Waals surface area contributed by atoms with Crippen molar-refractivity contribution in [2.45, 2.75) is 6.42 Å². The van der Waals surface area contributed by atoms with Gasteiger partial charge in [-0.2, -0.15) is 5.10 Å². The lowest BCUT2D eigenvalue weighted by atomic mass is 10.0. The number of hydrogen-bond acceptors (Lipinski definition) is 5. The number of halogens is 1.